The molecule has 0 amide bonds. The molecular weight excluding hydrogens is 156 g/mol. The molecule has 1 nitrogen and oxygen atoms in total. The molecule has 10 heavy (non-hydrogen) atoms. The zero-order valence-corrected chi connectivity index (χ0v) is 7.13. The molecule has 0 spiro atoms. The molecule has 0 saturated heterocycles. The van der Waals surface area contributed by atoms with Gasteiger partial charge < -0.3 is 0 Å². The second kappa shape index (κ2) is 2.75. The van der Waals surface area contributed by atoms with E-state index in [0.29, 0.717) is 0 Å². The third-order valence-corrected chi connectivity index (χ3v) is 3.66. The van der Waals surface area contributed by atoms with Gasteiger partial charge in [-0.2, -0.15) is 13.0 Å². The average molecular weight is 167 g/mol. The smallest absolute Gasteiger partial charge is 0.136 e. The second-order valence-corrected chi connectivity index (χ2v) is 4.77. The molecular formula is C6H11F2NS. The van der Waals surface area contributed by atoms with Gasteiger partial charge in [-0.25, -0.2) is 0 Å². The average Bonchev–Trinajstić information content (AvgIpc) is 1.84. The molecule has 0 aromatic carbocycles. The molecule has 0 fully saturated rings. The molecule has 0 N–H and O–H groups in total. The summed E-state index contributed by atoms with van der Waals surface area (Å²) in [5.74, 6) is 0. The summed E-state index contributed by atoms with van der Waals surface area (Å²) in [6.07, 6.45) is 1.07. The highest BCUT2D eigenvalue weighted by molar-refractivity contribution is 8.26. The molecule has 0 aliphatic heterocycles. The highest BCUT2D eigenvalue weighted by Gasteiger charge is 2.40. The Morgan fingerprint density at radius 3 is 2.00 bits per heavy atom. The van der Waals surface area contributed by atoms with Gasteiger partial charge in [0.1, 0.15) is 4.75 Å². The lowest BCUT2D eigenvalue weighted by molar-refractivity contribution is 0.643. The van der Waals surface area contributed by atoms with Gasteiger partial charge in [-0.3, -0.25) is 0 Å². The number of rotatable bonds is 2. The van der Waals surface area contributed by atoms with Gasteiger partial charge in [0, 0.05) is 6.26 Å². The van der Waals surface area contributed by atoms with E-state index in [1.54, 1.807) is 13.0 Å². The van der Waals surface area contributed by atoms with Gasteiger partial charge in [0.15, 0.2) is 0 Å². The van der Waals surface area contributed by atoms with Gasteiger partial charge in [0.25, 0.3) is 0 Å². The first-order valence-corrected chi connectivity index (χ1v) is 4.80. The van der Waals surface area contributed by atoms with Crippen LogP contribution in [0.1, 0.15) is 20.3 Å². The van der Waals surface area contributed by atoms with Gasteiger partial charge in [0.05, 0.1) is 16.9 Å². The number of hydrogen-bond acceptors (Lipinski definition) is 1. The molecule has 0 aromatic rings. The molecule has 60 valence electrons. The highest BCUT2D eigenvalue weighted by Crippen LogP contribution is 2.60. The Hall–Kier alpha value is -0.300. The van der Waals surface area contributed by atoms with Gasteiger partial charge >= 0.3 is 0 Å². The van der Waals surface area contributed by atoms with Crippen LogP contribution in [0.5, 0.6) is 0 Å². The maximum atomic E-state index is 12.6. The van der Waals surface area contributed by atoms with Crippen molar-refractivity contribution in [3.63, 3.8) is 0 Å². The predicted molar refractivity (Wildman–Crippen MR) is 40.0 cm³/mol. The Morgan fingerprint density at radius 2 is 2.00 bits per heavy atom. The van der Waals surface area contributed by atoms with Crippen LogP contribution in [0.15, 0.2) is 0 Å². The number of nitrogens with zero attached hydrogens (tertiary/aromatic N) is 1. The first kappa shape index (κ1) is 9.70. The van der Waals surface area contributed by atoms with Crippen LogP contribution in [-0.2, 0) is 0 Å². The molecule has 0 saturated carbocycles. The number of nitriles is 1. The summed E-state index contributed by atoms with van der Waals surface area (Å²) in [6, 6.07) is 1.66. The molecule has 4 heteroatoms. The van der Waals surface area contributed by atoms with E-state index >= 15 is 0 Å². The van der Waals surface area contributed by atoms with Crippen molar-refractivity contribution in [2.24, 2.45) is 0 Å². The summed E-state index contributed by atoms with van der Waals surface area (Å²) in [6.45, 7) is 2.91. The first-order valence-electron chi connectivity index (χ1n) is 2.96. The zero-order chi connectivity index (χ0) is 8.41. The van der Waals surface area contributed by atoms with Crippen molar-refractivity contribution in [1.29, 1.82) is 5.26 Å². The van der Waals surface area contributed by atoms with Crippen LogP contribution in [-0.4, -0.2) is 11.0 Å². The highest BCUT2D eigenvalue weighted by atomic mass is 32.3. The number of halogens is 2. The van der Waals surface area contributed by atoms with Gasteiger partial charge in [0.2, 0.25) is 0 Å². The lowest BCUT2D eigenvalue weighted by atomic mass is 10.1. The van der Waals surface area contributed by atoms with E-state index < -0.39 is 15.5 Å². The van der Waals surface area contributed by atoms with E-state index in [9.17, 15) is 7.77 Å². The topological polar surface area (TPSA) is 23.8 Å². The van der Waals surface area contributed by atoms with E-state index in [1.807, 2.05) is 0 Å². The minimum Gasteiger partial charge on any atom is -0.197 e. The molecule has 0 aliphatic carbocycles. The predicted octanol–water partition coefficient (Wildman–Crippen LogP) is 2.88. The Kier molecular flexibility index (Phi) is 2.67. The fourth-order valence-electron chi connectivity index (χ4n) is 0.413. The first-order chi connectivity index (χ1) is 4.37. The van der Waals surface area contributed by atoms with E-state index in [1.165, 1.54) is 6.92 Å². The van der Waals surface area contributed by atoms with Crippen LogP contribution < -0.4 is 0 Å². The standard InChI is InChI=1S/C6H11F2NS/c1-4-6(2,5-9)10(3,7)8/h4H2,1-3H3. The van der Waals surface area contributed by atoms with Crippen LogP contribution in [0.3, 0.4) is 0 Å². The second-order valence-electron chi connectivity index (χ2n) is 2.42. The Labute approximate surface area is 61.9 Å². The van der Waals surface area contributed by atoms with E-state index in [-0.39, 0.29) is 6.42 Å². The summed E-state index contributed by atoms with van der Waals surface area (Å²) < 4.78 is 23.8. The van der Waals surface area contributed by atoms with Gasteiger partial charge in [-0.05, 0) is 13.3 Å². The third kappa shape index (κ3) is 1.60. The molecule has 0 aliphatic rings. The Morgan fingerprint density at radius 1 is 1.60 bits per heavy atom. The zero-order valence-electron chi connectivity index (χ0n) is 6.32. The summed E-state index contributed by atoms with van der Waals surface area (Å²) in [5, 5.41) is 8.41. The van der Waals surface area contributed by atoms with Gasteiger partial charge in [-0.15, -0.1) is 0 Å². The summed E-state index contributed by atoms with van der Waals surface area (Å²) >= 11 is 0. The van der Waals surface area contributed by atoms with Crippen molar-refractivity contribution in [2.45, 2.75) is 25.0 Å². The fourth-order valence-corrected chi connectivity index (χ4v) is 1.08. The minimum atomic E-state index is -3.73. The van der Waals surface area contributed by atoms with Crippen molar-refractivity contribution in [3.05, 3.63) is 0 Å². The number of hydrogen-bond donors (Lipinski definition) is 0. The van der Waals surface area contributed by atoms with Crippen molar-refractivity contribution in [3.8, 4) is 6.07 Å². The maximum Gasteiger partial charge on any atom is 0.136 e. The lowest BCUT2D eigenvalue weighted by Gasteiger charge is -2.30. The molecule has 0 heterocycles. The molecule has 1 unspecified atom stereocenters. The Balaban J connectivity index is 4.54. The van der Waals surface area contributed by atoms with E-state index in [2.05, 4.69) is 0 Å². The van der Waals surface area contributed by atoms with Crippen LogP contribution >= 0.6 is 10.8 Å². The SMILES string of the molecule is CCC(C)(C#N)S(C)(F)F. The van der Waals surface area contributed by atoms with Crippen molar-refractivity contribution >= 4 is 10.8 Å². The summed E-state index contributed by atoms with van der Waals surface area (Å²) in [4.78, 5) is 0. The van der Waals surface area contributed by atoms with Crippen LogP contribution in [0.25, 0.3) is 0 Å². The minimum absolute atomic E-state index is 0.211. The van der Waals surface area contributed by atoms with Gasteiger partial charge in [-0.1, -0.05) is 6.92 Å². The molecule has 1 atom stereocenters. The van der Waals surface area contributed by atoms with E-state index in [4.69, 9.17) is 5.26 Å². The fraction of sp³-hybridized carbons (Fsp3) is 0.833. The van der Waals surface area contributed by atoms with Crippen molar-refractivity contribution < 1.29 is 7.77 Å². The monoisotopic (exact) mass is 167 g/mol. The van der Waals surface area contributed by atoms with Crippen LogP contribution in [0.2, 0.25) is 0 Å². The third-order valence-electron chi connectivity index (χ3n) is 1.70. The molecule has 0 aromatic heterocycles. The van der Waals surface area contributed by atoms with Crippen molar-refractivity contribution in [2.75, 3.05) is 6.26 Å². The molecule has 0 radical (unpaired) electrons. The largest absolute Gasteiger partial charge is 0.197 e. The summed E-state index contributed by atoms with van der Waals surface area (Å²) in [5.41, 5.74) is 0. The quantitative estimate of drug-likeness (QED) is 0.620. The van der Waals surface area contributed by atoms with Crippen LogP contribution in [0.4, 0.5) is 7.77 Å². The molecule has 0 rings (SSSR count). The van der Waals surface area contributed by atoms with E-state index in [0.717, 1.165) is 6.26 Å². The van der Waals surface area contributed by atoms with Crippen molar-refractivity contribution in [1.82, 2.24) is 0 Å². The van der Waals surface area contributed by atoms with Crippen LogP contribution in [0, 0.1) is 11.3 Å². The summed E-state index contributed by atoms with van der Waals surface area (Å²) in [7, 11) is -3.73. The Bertz CT molecular complexity index is 158. The normalized spacial score (nSPS) is 19.2. The lowest BCUT2D eigenvalue weighted by Crippen LogP contribution is -2.23. The maximum absolute atomic E-state index is 12.6. The molecule has 0 bridgehead atoms.